The van der Waals surface area contributed by atoms with Crippen LogP contribution in [-0.2, 0) is 6.42 Å². The smallest absolute Gasteiger partial charge is 0.215 e. The van der Waals surface area contributed by atoms with Gasteiger partial charge in [0.25, 0.3) is 0 Å². The molecule has 6 nitrogen and oxygen atoms in total. The van der Waals surface area contributed by atoms with E-state index in [4.69, 9.17) is 5.73 Å². The van der Waals surface area contributed by atoms with Crippen molar-refractivity contribution in [2.24, 2.45) is 5.73 Å². The van der Waals surface area contributed by atoms with Crippen LogP contribution in [0.5, 0.6) is 0 Å². The second kappa shape index (κ2) is 5.26. The predicted octanol–water partition coefficient (Wildman–Crippen LogP) is 1.44. The number of hydrogen-bond acceptors (Lipinski definition) is 6. The molecule has 1 saturated carbocycles. The lowest BCUT2D eigenvalue weighted by Gasteiger charge is -2.05. The molecule has 0 saturated heterocycles. The average molecular weight is 276 g/mol. The first-order valence-corrected chi connectivity index (χ1v) is 7.20. The van der Waals surface area contributed by atoms with Crippen molar-refractivity contribution in [1.29, 1.82) is 0 Å². The van der Waals surface area contributed by atoms with Gasteiger partial charge in [-0.2, -0.15) is 0 Å². The lowest BCUT2D eigenvalue weighted by molar-refractivity contribution is 0.565. The van der Waals surface area contributed by atoms with Crippen molar-refractivity contribution in [3.8, 4) is 0 Å². The molecule has 2 aromatic heterocycles. The summed E-state index contributed by atoms with van der Waals surface area (Å²) >= 11 is 1.50. The van der Waals surface area contributed by atoms with Gasteiger partial charge in [0.1, 0.15) is 5.03 Å². The van der Waals surface area contributed by atoms with Crippen LogP contribution >= 0.6 is 11.8 Å². The normalized spacial score (nSPS) is 16.5. The molecule has 2 N–H and O–H groups in total. The molecule has 0 bridgehead atoms. The molecular formula is C12H16N6S. The van der Waals surface area contributed by atoms with Crippen molar-refractivity contribution in [3.05, 3.63) is 23.9 Å². The summed E-state index contributed by atoms with van der Waals surface area (Å²) in [5.74, 6) is 0. The van der Waals surface area contributed by atoms with Crippen LogP contribution in [0.1, 0.15) is 31.4 Å². The monoisotopic (exact) mass is 276 g/mol. The van der Waals surface area contributed by atoms with Gasteiger partial charge in [-0.3, -0.25) is 0 Å². The minimum atomic E-state index is 0.155. The van der Waals surface area contributed by atoms with E-state index >= 15 is 0 Å². The number of aromatic nitrogens is 5. The third-order valence-corrected chi connectivity index (χ3v) is 3.81. The average Bonchev–Trinajstić information content (AvgIpc) is 3.12. The molecule has 1 fully saturated rings. The fourth-order valence-electron chi connectivity index (χ4n) is 1.86. The van der Waals surface area contributed by atoms with Gasteiger partial charge in [0.2, 0.25) is 5.16 Å². The first-order valence-electron chi connectivity index (χ1n) is 6.38. The number of tetrazole rings is 1. The van der Waals surface area contributed by atoms with Gasteiger partial charge in [0.15, 0.2) is 0 Å². The minimum absolute atomic E-state index is 0.155. The number of hydrogen-bond donors (Lipinski definition) is 1. The van der Waals surface area contributed by atoms with E-state index in [1.807, 2.05) is 23.9 Å². The number of rotatable bonds is 5. The van der Waals surface area contributed by atoms with Crippen LogP contribution < -0.4 is 5.73 Å². The van der Waals surface area contributed by atoms with Crippen LogP contribution in [0.2, 0.25) is 0 Å². The van der Waals surface area contributed by atoms with Crippen molar-refractivity contribution in [1.82, 2.24) is 25.2 Å². The molecule has 100 valence electrons. The van der Waals surface area contributed by atoms with Crippen molar-refractivity contribution in [2.75, 3.05) is 0 Å². The van der Waals surface area contributed by atoms with E-state index in [0.717, 1.165) is 22.2 Å². The summed E-state index contributed by atoms with van der Waals surface area (Å²) in [6.45, 7) is 1.99. The molecule has 0 spiro atoms. The second-order valence-electron chi connectivity index (χ2n) is 4.93. The topological polar surface area (TPSA) is 82.5 Å². The molecule has 1 atom stereocenters. The maximum absolute atomic E-state index is 5.77. The molecule has 3 rings (SSSR count). The molecule has 1 aliphatic rings. The molecule has 2 heterocycles. The Labute approximate surface area is 115 Å². The molecule has 0 aromatic carbocycles. The zero-order valence-electron chi connectivity index (χ0n) is 10.7. The van der Waals surface area contributed by atoms with E-state index < -0.39 is 0 Å². The summed E-state index contributed by atoms with van der Waals surface area (Å²) < 4.78 is 1.89. The van der Waals surface area contributed by atoms with Crippen molar-refractivity contribution in [3.63, 3.8) is 0 Å². The zero-order valence-corrected chi connectivity index (χ0v) is 11.5. The summed E-state index contributed by atoms with van der Waals surface area (Å²) in [4.78, 5) is 4.43. The Bertz CT molecular complexity index is 546. The summed E-state index contributed by atoms with van der Waals surface area (Å²) in [6.07, 6.45) is 5.05. The van der Waals surface area contributed by atoms with Crippen LogP contribution in [-0.4, -0.2) is 31.2 Å². The van der Waals surface area contributed by atoms with E-state index in [1.165, 1.54) is 24.6 Å². The van der Waals surface area contributed by atoms with E-state index in [1.54, 1.807) is 0 Å². The van der Waals surface area contributed by atoms with Gasteiger partial charge in [0, 0.05) is 12.2 Å². The number of pyridine rings is 1. The molecule has 2 aromatic rings. The van der Waals surface area contributed by atoms with Crippen LogP contribution in [0.15, 0.2) is 28.5 Å². The summed E-state index contributed by atoms with van der Waals surface area (Å²) in [6, 6.07) is 4.69. The predicted molar refractivity (Wildman–Crippen MR) is 71.8 cm³/mol. The Morgan fingerprint density at radius 3 is 2.95 bits per heavy atom. The molecule has 7 heteroatoms. The lowest BCUT2D eigenvalue weighted by Crippen LogP contribution is -2.17. The third kappa shape index (κ3) is 3.10. The van der Waals surface area contributed by atoms with Crippen LogP contribution in [0.3, 0.4) is 0 Å². The van der Waals surface area contributed by atoms with E-state index in [-0.39, 0.29) is 6.04 Å². The maximum Gasteiger partial charge on any atom is 0.215 e. The highest BCUT2D eigenvalue weighted by Gasteiger charge is 2.28. The van der Waals surface area contributed by atoms with Gasteiger partial charge in [-0.1, -0.05) is 6.07 Å². The summed E-state index contributed by atoms with van der Waals surface area (Å²) in [7, 11) is 0. The Kier molecular flexibility index (Phi) is 3.48. The Morgan fingerprint density at radius 1 is 1.47 bits per heavy atom. The Balaban J connectivity index is 1.70. The fraction of sp³-hybridized carbons (Fsp3) is 0.500. The Hall–Kier alpha value is -1.47. The van der Waals surface area contributed by atoms with E-state index in [2.05, 4.69) is 26.6 Å². The molecule has 1 aliphatic carbocycles. The first-order chi connectivity index (χ1) is 9.22. The molecule has 0 radical (unpaired) electrons. The molecule has 0 amide bonds. The summed E-state index contributed by atoms with van der Waals surface area (Å²) in [5.41, 5.74) is 6.92. The zero-order chi connectivity index (χ0) is 13.2. The standard InChI is InChI=1S/C12H16N6S/c1-8(13)6-9-2-5-11(14-7-9)19-12-15-16-17-18(12)10-3-4-10/h2,5,7-8,10H,3-4,6,13H2,1H3. The van der Waals surface area contributed by atoms with Gasteiger partial charge < -0.3 is 5.73 Å². The molecule has 19 heavy (non-hydrogen) atoms. The highest BCUT2D eigenvalue weighted by atomic mass is 32.2. The SMILES string of the molecule is CC(N)Cc1ccc(Sc2nnnn2C2CC2)nc1. The van der Waals surface area contributed by atoms with Gasteiger partial charge in [-0.15, -0.1) is 5.10 Å². The highest BCUT2D eigenvalue weighted by Crippen LogP contribution is 2.37. The van der Waals surface area contributed by atoms with Crippen molar-refractivity contribution < 1.29 is 0 Å². The van der Waals surface area contributed by atoms with E-state index in [9.17, 15) is 0 Å². The van der Waals surface area contributed by atoms with Crippen LogP contribution in [0, 0.1) is 0 Å². The highest BCUT2D eigenvalue weighted by molar-refractivity contribution is 7.99. The van der Waals surface area contributed by atoms with Crippen molar-refractivity contribution in [2.45, 2.75) is 48.5 Å². The van der Waals surface area contributed by atoms with E-state index in [0.29, 0.717) is 6.04 Å². The quantitative estimate of drug-likeness (QED) is 0.890. The largest absolute Gasteiger partial charge is 0.328 e. The van der Waals surface area contributed by atoms with Gasteiger partial charge in [-0.05, 0) is 60.0 Å². The second-order valence-corrected chi connectivity index (χ2v) is 5.91. The number of nitrogens with two attached hydrogens (primary N) is 1. The molecule has 0 aliphatic heterocycles. The molecule has 1 unspecified atom stereocenters. The lowest BCUT2D eigenvalue weighted by atomic mass is 10.1. The van der Waals surface area contributed by atoms with Gasteiger partial charge in [0.05, 0.1) is 6.04 Å². The summed E-state index contributed by atoms with van der Waals surface area (Å²) in [5, 5.41) is 13.5. The third-order valence-electron chi connectivity index (χ3n) is 2.91. The number of nitrogens with zero attached hydrogens (tertiary/aromatic N) is 5. The minimum Gasteiger partial charge on any atom is -0.328 e. The van der Waals surface area contributed by atoms with Crippen LogP contribution in [0.25, 0.3) is 0 Å². The molecular weight excluding hydrogens is 260 g/mol. The van der Waals surface area contributed by atoms with Crippen molar-refractivity contribution >= 4 is 11.8 Å². The Morgan fingerprint density at radius 2 is 2.32 bits per heavy atom. The first kappa shape index (κ1) is 12.6. The maximum atomic E-state index is 5.77. The van der Waals surface area contributed by atoms with Gasteiger partial charge in [-0.25, -0.2) is 9.67 Å². The fourth-order valence-corrected chi connectivity index (χ4v) is 2.64. The van der Waals surface area contributed by atoms with Crippen LogP contribution in [0.4, 0.5) is 0 Å². The van der Waals surface area contributed by atoms with Gasteiger partial charge >= 0.3 is 0 Å².